The van der Waals surface area contributed by atoms with Gasteiger partial charge >= 0.3 is 18.6 Å². The molecule has 2 aromatic carbocycles. The summed E-state index contributed by atoms with van der Waals surface area (Å²) in [5.41, 5.74) is 1.30. The number of halogens is 5. The topological polar surface area (TPSA) is 70.9 Å². The summed E-state index contributed by atoms with van der Waals surface area (Å²) in [4.78, 5) is 29.2. The summed E-state index contributed by atoms with van der Waals surface area (Å²) in [6.07, 6.45) is -3.13. The number of aromatic nitrogens is 2. The molecule has 2 saturated heterocycles. The number of piperidine rings is 1. The minimum absolute atomic E-state index is 0.178. The van der Waals surface area contributed by atoms with Gasteiger partial charge in [0.2, 0.25) is 0 Å². The molecule has 8 nitrogen and oxygen atoms in total. The number of rotatable bonds is 6. The lowest BCUT2D eigenvalue weighted by Gasteiger charge is -2.36. The van der Waals surface area contributed by atoms with Crippen LogP contribution in [0.3, 0.4) is 0 Å². The minimum atomic E-state index is -4.89. The van der Waals surface area contributed by atoms with Crippen LogP contribution in [0.2, 0.25) is 10.0 Å². The molecular weight excluding hydrogens is 582 g/mol. The lowest BCUT2D eigenvalue weighted by atomic mass is 9.99. The Morgan fingerprint density at radius 1 is 1.02 bits per heavy atom. The van der Waals surface area contributed by atoms with Crippen molar-refractivity contribution in [2.75, 3.05) is 56.1 Å². The fourth-order valence-corrected chi connectivity index (χ4v) is 5.97. The summed E-state index contributed by atoms with van der Waals surface area (Å²) in [5.74, 6) is -1.40. The van der Waals surface area contributed by atoms with Crippen LogP contribution in [0.4, 0.5) is 24.5 Å². The number of ether oxygens (including phenoxy) is 1. The number of carbonyl (C=O) groups is 2. The third-order valence-corrected chi connectivity index (χ3v) is 8.14. The molecule has 2 fully saturated rings. The SMILES string of the molecule is CN1CCN(c2ccc(-c3ccc(Cl)cc3N3CCCC(n4ncc(C(=O)OC=O)c4C(F)(F)F)C3)c(Cl)c2)CC1. The van der Waals surface area contributed by atoms with E-state index in [1.807, 2.05) is 29.2 Å². The first-order valence-electron chi connectivity index (χ1n) is 13.1. The van der Waals surface area contributed by atoms with E-state index in [0.29, 0.717) is 29.4 Å². The van der Waals surface area contributed by atoms with Crippen molar-refractivity contribution in [1.29, 1.82) is 0 Å². The van der Waals surface area contributed by atoms with Gasteiger partial charge in [0.05, 0.1) is 17.3 Å². The molecule has 1 unspecified atom stereocenters. The van der Waals surface area contributed by atoms with Crippen molar-refractivity contribution in [3.8, 4) is 11.1 Å². The Morgan fingerprint density at radius 3 is 2.44 bits per heavy atom. The summed E-state index contributed by atoms with van der Waals surface area (Å²) < 4.78 is 47.2. The van der Waals surface area contributed by atoms with Crippen LogP contribution in [0.25, 0.3) is 11.1 Å². The molecule has 1 aromatic heterocycles. The largest absolute Gasteiger partial charge is 0.433 e. The molecule has 0 amide bonds. The molecule has 3 aromatic rings. The normalized spacial score (nSPS) is 18.4. The Balaban J connectivity index is 1.46. The van der Waals surface area contributed by atoms with Gasteiger partial charge in [0.1, 0.15) is 5.56 Å². The van der Waals surface area contributed by atoms with E-state index < -0.39 is 29.4 Å². The zero-order chi connectivity index (χ0) is 29.3. The van der Waals surface area contributed by atoms with Crippen LogP contribution in [0.15, 0.2) is 42.6 Å². The molecule has 0 aliphatic carbocycles. The molecule has 0 saturated carbocycles. The van der Waals surface area contributed by atoms with Crippen LogP contribution >= 0.6 is 23.2 Å². The second-order valence-electron chi connectivity index (χ2n) is 10.2. The van der Waals surface area contributed by atoms with Gasteiger partial charge in [0, 0.05) is 66.8 Å². The average Bonchev–Trinajstić information content (AvgIpc) is 3.40. The number of esters is 1. The van der Waals surface area contributed by atoms with E-state index in [2.05, 4.69) is 26.7 Å². The van der Waals surface area contributed by atoms with E-state index in [1.54, 1.807) is 12.1 Å². The van der Waals surface area contributed by atoms with Crippen LogP contribution in [-0.2, 0) is 15.7 Å². The highest BCUT2D eigenvalue weighted by Gasteiger charge is 2.43. The number of piperazine rings is 1. The number of alkyl halides is 3. The zero-order valence-corrected chi connectivity index (χ0v) is 23.7. The number of hydrogen-bond donors (Lipinski definition) is 0. The standard InChI is InChI=1S/C28H28Cl2F3N5O3/c1-35-9-11-36(12-10-35)19-5-7-21(24(30)14-19)22-6-4-18(29)13-25(22)37-8-2-3-20(16-37)38-26(28(31,32)33)23(15-34-38)27(40)41-17-39/h4-7,13-15,17,20H,2-3,8-12,16H2,1H3. The van der Waals surface area contributed by atoms with Crippen molar-refractivity contribution < 1.29 is 27.5 Å². The van der Waals surface area contributed by atoms with Crippen molar-refractivity contribution in [2.24, 2.45) is 0 Å². The van der Waals surface area contributed by atoms with Gasteiger partial charge in [0.25, 0.3) is 0 Å². The molecular formula is C28H28Cl2F3N5O3. The first-order chi connectivity index (χ1) is 19.6. The van der Waals surface area contributed by atoms with Crippen LogP contribution in [-0.4, -0.2) is 73.4 Å². The number of hydrogen-bond acceptors (Lipinski definition) is 7. The van der Waals surface area contributed by atoms with Gasteiger partial charge in [-0.05, 0) is 44.2 Å². The second kappa shape index (κ2) is 11.9. The summed E-state index contributed by atoms with van der Waals surface area (Å²) in [6, 6.07) is 10.6. The van der Waals surface area contributed by atoms with E-state index in [9.17, 15) is 22.8 Å². The predicted octanol–water partition coefficient (Wildman–Crippen LogP) is 5.78. The average molecular weight is 610 g/mol. The van der Waals surface area contributed by atoms with Gasteiger partial charge in [-0.2, -0.15) is 18.3 Å². The lowest BCUT2D eigenvalue weighted by Crippen LogP contribution is -2.44. The molecule has 13 heteroatoms. The highest BCUT2D eigenvalue weighted by Crippen LogP contribution is 2.41. The molecule has 41 heavy (non-hydrogen) atoms. The van der Waals surface area contributed by atoms with Gasteiger partial charge < -0.3 is 19.4 Å². The third kappa shape index (κ3) is 6.17. The second-order valence-corrected chi connectivity index (χ2v) is 11.1. The number of likely N-dealkylation sites (N-methyl/N-ethyl adjacent to an activating group) is 1. The van der Waals surface area contributed by atoms with E-state index in [4.69, 9.17) is 23.2 Å². The molecule has 1 atom stereocenters. The first-order valence-corrected chi connectivity index (χ1v) is 13.9. The van der Waals surface area contributed by atoms with Gasteiger partial charge in [-0.15, -0.1) is 0 Å². The van der Waals surface area contributed by atoms with E-state index in [1.165, 1.54) is 0 Å². The van der Waals surface area contributed by atoms with Crippen molar-refractivity contribution >= 4 is 47.0 Å². The Labute approximate surface area is 245 Å². The highest BCUT2D eigenvalue weighted by atomic mass is 35.5. The van der Waals surface area contributed by atoms with Crippen molar-refractivity contribution in [3.63, 3.8) is 0 Å². The van der Waals surface area contributed by atoms with E-state index >= 15 is 0 Å². The molecule has 0 N–H and O–H groups in total. The lowest BCUT2D eigenvalue weighted by molar-refractivity contribution is -0.146. The van der Waals surface area contributed by atoms with Crippen molar-refractivity contribution in [2.45, 2.75) is 25.1 Å². The van der Waals surface area contributed by atoms with Crippen molar-refractivity contribution in [1.82, 2.24) is 14.7 Å². The molecule has 0 radical (unpaired) electrons. The zero-order valence-electron chi connectivity index (χ0n) is 22.2. The number of nitrogens with zero attached hydrogens (tertiary/aromatic N) is 5. The fourth-order valence-electron chi connectivity index (χ4n) is 5.53. The maximum absolute atomic E-state index is 14.1. The van der Waals surface area contributed by atoms with Gasteiger partial charge in [0.15, 0.2) is 5.69 Å². The molecule has 218 valence electrons. The molecule has 3 heterocycles. The summed E-state index contributed by atoms with van der Waals surface area (Å²) >= 11 is 13.2. The summed E-state index contributed by atoms with van der Waals surface area (Å²) in [7, 11) is 2.09. The Kier molecular flexibility index (Phi) is 8.49. The smallest absolute Gasteiger partial charge is 0.392 e. The molecule has 0 spiro atoms. The van der Waals surface area contributed by atoms with Crippen molar-refractivity contribution in [3.05, 3.63) is 63.9 Å². The molecule has 0 bridgehead atoms. The van der Waals surface area contributed by atoms with E-state index in [0.717, 1.165) is 59.6 Å². The van der Waals surface area contributed by atoms with Crippen LogP contribution < -0.4 is 9.80 Å². The minimum Gasteiger partial charge on any atom is -0.392 e. The number of anilines is 2. The van der Waals surface area contributed by atoms with Crippen LogP contribution in [0.5, 0.6) is 0 Å². The number of benzene rings is 2. The maximum Gasteiger partial charge on any atom is 0.433 e. The summed E-state index contributed by atoms with van der Waals surface area (Å²) in [5, 5.41) is 4.94. The third-order valence-electron chi connectivity index (χ3n) is 7.59. The summed E-state index contributed by atoms with van der Waals surface area (Å²) in [6.45, 7) is 4.27. The first kappa shape index (κ1) is 29.2. The monoisotopic (exact) mass is 609 g/mol. The Hall–Kier alpha value is -3.28. The Morgan fingerprint density at radius 2 is 1.76 bits per heavy atom. The van der Waals surface area contributed by atoms with Gasteiger partial charge in [-0.3, -0.25) is 9.48 Å². The fraction of sp³-hybridized carbons (Fsp3) is 0.393. The molecule has 2 aliphatic heterocycles. The van der Waals surface area contributed by atoms with Crippen LogP contribution in [0, 0.1) is 0 Å². The maximum atomic E-state index is 14.1. The van der Waals surface area contributed by atoms with Crippen LogP contribution in [0.1, 0.15) is 34.9 Å². The van der Waals surface area contributed by atoms with Gasteiger partial charge in [-0.1, -0.05) is 35.3 Å². The Bertz CT molecular complexity index is 1440. The highest BCUT2D eigenvalue weighted by molar-refractivity contribution is 6.34. The predicted molar refractivity (Wildman–Crippen MR) is 151 cm³/mol. The van der Waals surface area contributed by atoms with Gasteiger partial charge in [-0.25, -0.2) is 4.79 Å². The molecule has 2 aliphatic rings. The quantitative estimate of drug-likeness (QED) is 0.199. The molecule has 5 rings (SSSR count). The van der Waals surface area contributed by atoms with E-state index in [-0.39, 0.29) is 13.0 Å². The number of carbonyl (C=O) groups excluding carboxylic acids is 2.